The van der Waals surface area contributed by atoms with Gasteiger partial charge in [-0.05, 0) is 56.2 Å². The number of rotatable bonds is 3. The molecule has 0 radical (unpaired) electrons. The van der Waals surface area contributed by atoms with Crippen molar-refractivity contribution in [2.75, 3.05) is 44.2 Å². The standard InChI is InChI=1S/C22H35N3O/c1-16-13-17(2)15-25(14-16)22(26)20(5)23-9-11-24(12-10-23)21-8-6-7-18(3)19(21)4/h6-8,16-17,20H,9-15H2,1-5H3/t16-,17-,20+/m0/s1. The summed E-state index contributed by atoms with van der Waals surface area (Å²) in [5.74, 6) is 1.57. The number of carbonyl (C=O) groups is 1. The molecule has 2 aliphatic heterocycles. The van der Waals surface area contributed by atoms with Crippen LogP contribution in [0.15, 0.2) is 18.2 Å². The Balaban J connectivity index is 1.59. The molecule has 2 fully saturated rings. The third kappa shape index (κ3) is 4.06. The van der Waals surface area contributed by atoms with Gasteiger partial charge in [0.1, 0.15) is 0 Å². The summed E-state index contributed by atoms with van der Waals surface area (Å²) in [7, 11) is 0. The molecule has 0 spiro atoms. The Kier molecular flexibility index (Phi) is 5.91. The zero-order chi connectivity index (χ0) is 18.8. The normalized spacial score (nSPS) is 26.0. The maximum Gasteiger partial charge on any atom is 0.239 e. The van der Waals surface area contributed by atoms with E-state index in [9.17, 15) is 4.79 Å². The van der Waals surface area contributed by atoms with Gasteiger partial charge in [0, 0.05) is 45.0 Å². The largest absolute Gasteiger partial charge is 0.369 e. The minimum absolute atomic E-state index is 0.00624. The van der Waals surface area contributed by atoms with Gasteiger partial charge < -0.3 is 9.80 Å². The fourth-order valence-corrected chi connectivity index (χ4v) is 4.69. The number of piperazine rings is 1. The van der Waals surface area contributed by atoms with Crippen molar-refractivity contribution in [3.8, 4) is 0 Å². The van der Waals surface area contributed by atoms with Gasteiger partial charge >= 0.3 is 0 Å². The molecular weight excluding hydrogens is 322 g/mol. The van der Waals surface area contributed by atoms with Crippen molar-refractivity contribution < 1.29 is 4.79 Å². The SMILES string of the molecule is Cc1cccc(N2CCN([C@H](C)C(=O)N3C[C@@H](C)C[C@H](C)C3)CC2)c1C. The zero-order valence-electron chi connectivity index (χ0n) is 17.2. The van der Waals surface area contributed by atoms with Crippen LogP contribution in [0, 0.1) is 25.7 Å². The molecule has 2 saturated heterocycles. The molecule has 2 aliphatic rings. The first-order valence-corrected chi connectivity index (χ1v) is 10.2. The monoisotopic (exact) mass is 357 g/mol. The van der Waals surface area contributed by atoms with E-state index in [2.05, 4.69) is 67.5 Å². The topological polar surface area (TPSA) is 26.8 Å². The van der Waals surface area contributed by atoms with Crippen LogP contribution in [0.4, 0.5) is 5.69 Å². The summed E-state index contributed by atoms with van der Waals surface area (Å²) in [6, 6.07) is 6.54. The summed E-state index contributed by atoms with van der Waals surface area (Å²) in [5.41, 5.74) is 4.07. The van der Waals surface area contributed by atoms with E-state index >= 15 is 0 Å². The van der Waals surface area contributed by atoms with E-state index in [0.717, 1.165) is 39.3 Å². The smallest absolute Gasteiger partial charge is 0.239 e. The predicted molar refractivity (Wildman–Crippen MR) is 109 cm³/mol. The molecule has 0 saturated carbocycles. The number of benzene rings is 1. The van der Waals surface area contributed by atoms with Crippen molar-refractivity contribution in [1.29, 1.82) is 0 Å². The molecule has 2 heterocycles. The number of aryl methyl sites for hydroxylation is 1. The van der Waals surface area contributed by atoms with Crippen molar-refractivity contribution in [2.45, 2.75) is 47.1 Å². The second-order valence-electron chi connectivity index (χ2n) is 8.61. The number of hydrogen-bond acceptors (Lipinski definition) is 3. The van der Waals surface area contributed by atoms with Gasteiger partial charge in [-0.15, -0.1) is 0 Å². The third-order valence-electron chi connectivity index (χ3n) is 6.32. The second-order valence-corrected chi connectivity index (χ2v) is 8.61. The minimum atomic E-state index is -0.00624. The van der Waals surface area contributed by atoms with Gasteiger partial charge in [0.15, 0.2) is 0 Å². The Labute approximate surface area is 159 Å². The highest BCUT2D eigenvalue weighted by molar-refractivity contribution is 5.81. The van der Waals surface area contributed by atoms with E-state index in [1.807, 2.05) is 0 Å². The quantitative estimate of drug-likeness (QED) is 0.830. The molecule has 1 amide bonds. The molecule has 1 aromatic rings. The number of anilines is 1. The number of piperidine rings is 1. The van der Waals surface area contributed by atoms with Crippen molar-refractivity contribution in [2.24, 2.45) is 11.8 Å². The van der Waals surface area contributed by atoms with Crippen molar-refractivity contribution >= 4 is 11.6 Å². The molecule has 4 nitrogen and oxygen atoms in total. The van der Waals surface area contributed by atoms with Gasteiger partial charge in [-0.3, -0.25) is 9.69 Å². The second kappa shape index (κ2) is 7.99. The number of hydrogen-bond donors (Lipinski definition) is 0. The van der Waals surface area contributed by atoms with Crippen LogP contribution in [-0.2, 0) is 4.79 Å². The number of nitrogens with zero attached hydrogens (tertiary/aromatic N) is 3. The maximum atomic E-state index is 13.0. The third-order valence-corrected chi connectivity index (χ3v) is 6.32. The Morgan fingerprint density at radius 1 is 1.04 bits per heavy atom. The summed E-state index contributed by atoms with van der Waals surface area (Å²) >= 11 is 0. The summed E-state index contributed by atoms with van der Waals surface area (Å²) in [6.45, 7) is 16.8. The fraction of sp³-hybridized carbons (Fsp3) is 0.682. The van der Waals surface area contributed by atoms with E-state index in [-0.39, 0.29) is 6.04 Å². The van der Waals surface area contributed by atoms with Crippen LogP contribution < -0.4 is 4.90 Å². The highest BCUT2D eigenvalue weighted by Gasteiger charge is 2.32. The van der Waals surface area contributed by atoms with Crippen LogP contribution in [0.1, 0.15) is 38.3 Å². The van der Waals surface area contributed by atoms with E-state index in [1.165, 1.54) is 23.2 Å². The molecule has 0 bridgehead atoms. The van der Waals surface area contributed by atoms with Crippen LogP contribution in [0.5, 0.6) is 0 Å². The number of amides is 1. The van der Waals surface area contributed by atoms with Gasteiger partial charge in [-0.2, -0.15) is 0 Å². The van der Waals surface area contributed by atoms with Crippen molar-refractivity contribution in [1.82, 2.24) is 9.80 Å². The minimum Gasteiger partial charge on any atom is -0.369 e. The summed E-state index contributed by atoms with van der Waals surface area (Å²) in [6.07, 6.45) is 1.24. The molecular formula is C22H35N3O. The summed E-state index contributed by atoms with van der Waals surface area (Å²) < 4.78 is 0. The molecule has 0 N–H and O–H groups in total. The average Bonchev–Trinajstić information content (AvgIpc) is 2.62. The highest BCUT2D eigenvalue weighted by Crippen LogP contribution is 2.25. The average molecular weight is 358 g/mol. The first-order valence-electron chi connectivity index (χ1n) is 10.2. The van der Waals surface area contributed by atoms with Gasteiger partial charge in [0.2, 0.25) is 5.91 Å². The molecule has 0 aromatic heterocycles. The van der Waals surface area contributed by atoms with Gasteiger partial charge in [-0.1, -0.05) is 26.0 Å². The summed E-state index contributed by atoms with van der Waals surface area (Å²) in [4.78, 5) is 20.0. The lowest BCUT2D eigenvalue weighted by atomic mass is 9.91. The molecule has 3 rings (SSSR count). The van der Waals surface area contributed by atoms with Crippen LogP contribution in [0.25, 0.3) is 0 Å². The molecule has 3 atom stereocenters. The van der Waals surface area contributed by atoms with E-state index in [0.29, 0.717) is 17.7 Å². The molecule has 26 heavy (non-hydrogen) atoms. The lowest BCUT2D eigenvalue weighted by molar-refractivity contribution is -0.139. The fourth-order valence-electron chi connectivity index (χ4n) is 4.69. The molecule has 1 aromatic carbocycles. The predicted octanol–water partition coefficient (Wildman–Crippen LogP) is 3.32. The van der Waals surface area contributed by atoms with Gasteiger partial charge in [0.05, 0.1) is 6.04 Å². The number of likely N-dealkylation sites (tertiary alicyclic amines) is 1. The van der Waals surface area contributed by atoms with Crippen molar-refractivity contribution in [3.05, 3.63) is 29.3 Å². The Morgan fingerprint density at radius 2 is 1.65 bits per heavy atom. The Hall–Kier alpha value is -1.55. The summed E-state index contributed by atoms with van der Waals surface area (Å²) in [5, 5.41) is 0. The van der Waals surface area contributed by atoms with E-state index in [4.69, 9.17) is 0 Å². The van der Waals surface area contributed by atoms with E-state index in [1.54, 1.807) is 0 Å². The van der Waals surface area contributed by atoms with Gasteiger partial charge in [-0.25, -0.2) is 0 Å². The van der Waals surface area contributed by atoms with Gasteiger partial charge in [0.25, 0.3) is 0 Å². The first kappa shape index (κ1) is 19.2. The molecule has 0 unspecified atom stereocenters. The lowest BCUT2D eigenvalue weighted by Gasteiger charge is -2.42. The van der Waals surface area contributed by atoms with Crippen molar-refractivity contribution in [3.63, 3.8) is 0 Å². The number of carbonyl (C=O) groups excluding carboxylic acids is 1. The first-order chi connectivity index (χ1) is 12.4. The highest BCUT2D eigenvalue weighted by atomic mass is 16.2. The molecule has 4 heteroatoms. The van der Waals surface area contributed by atoms with E-state index < -0.39 is 0 Å². The lowest BCUT2D eigenvalue weighted by Crippen LogP contribution is -2.56. The Bertz CT molecular complexity index is 626. The zero-order valence-corrected chi connectivity index (χ0v) is 17.2. The van der Waals surface area contributed by atoms with Crippen LogP contribution in [0.2, 0.25) is 0 Å². The van der Waals surface area contributed by atoms with Crippen LogP contribution in [0.3, 0.4) is 0 Å². The molecule has 144 valence electrons. The Morgan fingerprint density at radius 3 is 2.27 bits per heavy atom. The van der Waals surface area contributed by atoms with Crippen LogP contribution in [-0.4, -0.2) is 61.0 Å². The molecule has 0 aliphatic carbocycles. The van der Waals surface area contributed by atoms with Crippen LogP contribution >= 0.6 is 0 Å². The maximum absolute atomic E-state index is 13.0.